The van der Waals surface area contributed by atoms with Crippen LogP contribution in [0.15, 0.2) is 4.99 Å². The summed E-state index contributed by atoms with van der Waals surface area (Å²) in [5.74, 6) is 3.95. The fraction of sp³-hybridized carbons (Fsp3) is 0.714. The zero-order chi connectivity index (χ0) is 10.8. The van der Waals surface area contributed by atoms with E-state index in [1.165, 1.54) is 6.34 Å². The first-order valence-electron chi connectivity index (χ1n) is 4.36. The third kappa shape index (κ3) is 7.47. The molecule has 1 unspecified atom stereocenters. The molecule has 0 aromatic carbocycles. The van der Waals surface area contributed by atoms with Gasteiger partial charge in [-0.05, 0) is 19.3 Å². The summed E-state index contributed by atoms with van der Waals surface area (Å²) in [7, 11) is 0. The van der Waals surface area contributed by atoms with Crippen LogP contribution in [0.3, 0.4) is 0 Å². The maximum Gasteiger partial charge on any atom is 0.320 e. The van der Waals surface area contributed by atoms with Gasteiger partial charge < -0.3 is 10.8 Å². The molecule has 0 radical (unpaired) electrons. The number of hydrogen-bond donors (Lipinski definition) is 5. The number of aliphatic carboxylic acids is 1. The van der Waals surface area contributed by atoms with Crippen LogP contribution in [0.1, 0.15) is 19.3 Å². The minimum absolute atomic E-state index is 0.480. The Balaban J connectivity index is 3.25. The van der Waals surface area contributed by atoms with Crippen LogP contribution >= 0.6 is 0 Å². The lowest BCUT2D eigenvalue weighted by atomic mass is 10.1. The van der Waals surface area contributed by atoms with Gasteiger partial charge in [-0.1, -0.05) is 0 Å². The largest absolute Gasteiger partial charge is 0.480 e. The fourth-order valence-corrected chi connectivity index (χ4v) is 0.838. The number of nitrogens with one attached hydrogen (secondary N) is 2. The van der Waals surface area contributed by atoms with Gasteiger partial charge in [0.1, 0.15) is 6.04 Å². The summed E-state index contributed by atoms with van der Waals surface area (Å²) >= 11 is 0. The normalized spacial score (nSPS) is 13.0. The molecule has 14 heavy (non-hydrogen) atoms. The topological polar surface area (TPSA) is 126 Å². The highest BCUT2D eigenvalue weighted by atomic mass is 16.4. The van der Waals surface area contributed by atoms with Crippen molar-refractivity contribution in [3.8, 4) is 0 Å². The molecule has 0 aliphatic rings. The van der Waals surface area contributed by atoms with E-state index in [0.717, 1.165) is 12.8 Å². The molecule has 0 aliphatic heterocycles. The minimum atomic E-state index is -0.956. The Bertz CT molecular complexity index is 185. The van der Waals surface area contributed by atoms with Gasteiger partial charge in [0.25, 0.3) is 0 Å². The summed E-state index contributed by atoms with van der Waals surface area (Å²) in [4.78, 5) is 14.3. The zero-order valence-electron chi connectivity index (χ0n) is 7.94. The van der Waals surface area contributed by atoms with E-state index in [4.69, 9.17) is 16.7 Å². The molecule has 0 amide bonds. The molecule has 0 fully saturated rings. The summed E-state index contributed by atoms with van der Waals surface area (Å²) in [5.41, 5.74) is 9.98. The third-order valence-corrected chi connectivity index (χ3v) is 1.61. The summed E-state index contributed by atoms with van der Waals surface area (Å²) < 4.78 is 0. The Morgan fingerprint density at radius 1 is 1.57 bits per heavy atom. The van der Waals surface area contributed by atoms with Crippen molar-refractivity contribution in [3.63, 3.8) is 0 Å². The number of carbonyl (C=O) groups is 1. The zero-order valence-corrected chi connectivity index (χ0v) is 7.94. The maximum absolute atomic E-state index is 10.3. The first-order chi connectivity index (χ1) is 6.68. The number of carboxylic acid groups (broad SMARTS) is 1. The predicted octanol–water partition coefficient (Wildman–Crippen LogP) is -1.44. The molecule has 0 aromatic rings. The maximum atomic E-state index is 10.3. The van der Waals surface area contributed by atoms with E-state index in [1.54, 1.807) is 0 Å². The lowest BCUT2D eigenvalue weighted by molar-refractivity contribution is -0.138. The van der Waals surface area contributed by atoms with Gasteiger partial charge >= 0.3 is 5.97 Å². The molecule has 7 N–H and O–H groups in total. The molecule has 0 bridgehead atoms. The molecule has 7 nitrogen and oxygen atoms in total. The quantitative estimate of drug-likeness (QED) is 0.108. The van der Waals surface area contributed by atoms with Crippen molar-refractivity contribution in [2.24, 2.45) is 16.6 Å². The average molecular weight is 203 g/mol. The molecule has 0 spiro atoms. The Kier molecular flexibility index (Phi) is 7.71. The summed E-state index contributed by atoms with van der Waals surface area (Å²) in [5, 5.41) is 8.47. The fourth-order valence-electron chi connectivity index (χ4n) is 0.838. The Hall–Kier alpha value is -1.18. The number of hydrogen-bond acceptors (Lipinski definition) is 5. The number of hydrazine groups is 2. The average Bonchev–Trinajstić information content (AvgIpc) is 2.16. The smallest absolute Gasteiger partial charge is 0.320 e. The van der Waals surface area contributed by atoms with Gasteiger partial charge in [-0.3, -0.25) is 21.1 Å². The van der Waals surface area contributed by atoms with Crippen LogP contribution in [-0.2, 0) is 4.79 Å². The first-order valence-corrected chi connectivity index (χ1v) is 4.36. The van der Waals surface area contributed by atoms with Gasteiger partial charge in [-0.25, -0.2) is 0 Å². The van der Waals surface area contributed by atoms with Crippen molar-refractivity contribution < 1.29 is 9.90 Å². The van der Waals surface area contributed by atoms with Crippen molar-refractivity contribution >= 4 is 12.3 Å². The highest BCUT2D eigenvalue weighted by Crippen LogP contribution is 1.98. The molecule has 0 saturated carbocycles. The van der Waals surface area contributed by atoms with Gasteiger partial charge in [-0.15, -0.1) is 0 Å². The van der Waals surface area contributed by atoms with E-state index < -0.39 is 12.0 Å². The third-order valence-electron chi connectivity index (χ3n) is 1.61. The van der Waals surface area contributed by atoms with Gasteiger partial charge in [0.2, 0.25) is 0 Å². The van der Waals surface area contributed by atoms with Gasteiger partial charge in [-0.2, -0.15) is 5.53 Å². The van der Waals surface area contributed by atoms with Crippen molar-refractivity contribution in [3.05, 3.63) is 0 Å². The van der Waals surface area contributed by atoms with Crippen molar-refractivity contribution in [1.29, 1.82) is 0 Å². The second kappa shape index (κ2) is 8.42. The molecular weight excluding hydrogens is 186 g/mol. The summed E-state index contributed by atoms with van der Waals surface area (Å²) in [6.45, 7) is 0.626. The van der Waals surface area contributed by atoms with Gasteiger partial charge in [0, 0.05) is 6.54 Å². The molecule has 0 rings (SSSR count). The van der Waals surface area contributed by atoms with Gasteiger partial charge in [0.05, 0.1) is 6.34 Å². The first kappa shape index (κ1) is 12.8. The number of rotatable bonds is 8. The highest BCUT2D eigenvalue weighted by Gasteiger charge is 2.09. The Morgan fingerprint density at radius 3 is 2.86 bits per heavy atom. The number of aliphatic imine (C=N–C) groups is 1. The summed E-state index contributed by atoms with van der Waals surface area (Å²) in [6, 6.07) is -0.761. The van der Waals surface area contributed by atoms with Crippen LogP contribution < -0.4 is 22.5 Å². The molecule has 82 valence electrons. The lowest BCUT2D eigenvalue weighted by Crippen LogP contribution is -2.36. The van der Waals surface area contributed by atoms with Crippen LogP contribution in [0, 0.1) is 0 Å². The van der Waals surface area contributed by atoms with E-state index in [0.29, 0.717) is 13.0 Å². The predicted molar refractivity (Wildman–Crippen MR) is 53.3 cm³/mol. The highest BCUT2D eigenvalue weighted by molar-refractivity contribution is 5.72. The molecule has 7 heteroatoms. The second-order valence-electron chi connectivity index (χ2n) is 2.76. The van der Waals surface area contributed by atoms with Crippen LogP contribution in [0.5, 0.6) is 0 Å². The molecule has 1 atom stereocenters. The van der Waals surface area contributed by atoms with Crippen molar-refractivity contribution in [2.75, 3.05) is 6.54 Å². The Morgan fingerprint density at radius 2 is 2.29 bits per heavy atom. The monoisotopic (exact) mass is 203 g/mol. The van der Waals surface area contributed by atoms with Crippen LogP contribution in [0.2, 0.25) is 0 Å². The number of nitrogens with zero attached hydrogens (tertiary/aromatic N) is 1. The molecule has 0 aromatic heterocycles. The lowest BCUT2D eigenvalue weighted by Gasteiger charge is -2.04. The molecule has 0 saturated heterocycles. The SMILES string of the molecule is NNNC=NCCCCC(N)C(=O)O. The van der Waals surface area contributed by atoms with E-state index in [1.807, 2.05) is 0 Å². The number of unbranched alkanes of at least 4 members (excludes halogenated alkanes) is 1. The Labute approximate surface area is 82.5 Å². The molecule has 0 aliphatic carbocycles. The van der Waals surface area contributed by atoms with Crippen LogP contribution in [-0.4, -0.2) is 30.0 Å². The van der Waals surface area contributed by atoms with E-state index in [-0.39, 0.29) is 0 Å². The van der Waals surface area contributed by atoms with Gasteiger partial charge in [0.15, 0.2) is 0 Å². The minimum Gasteiger partial charge on any atom is -0.480 e. The van der Waals surface area contributed by atoms with E-state index in [9.17, 15) is 4.79 Å². The van der Waals surface area contributed by atoms with E-state index >= 15 is 0 Å². The number of nitrogens with two attached hydrogens (primary N) is 2. The standard InChI is InChI=1S/C7H17N5O2/c8-6(7(13)14)3-1-2-4-10-5-11-12-9/h5-6,12H,1-4,8-9H2,(H,10,11)(H,13,14). The van der Waals surface area contributed by atoms with E-state index in [2.05, 4.69) is 16.0 Å². The van der Waals surface area contributed by atoms with Crippen LogP contribution in [0.4, 0.5) is 0 Å². The molecular formula is C7H17N5O2. The second-order valence-corrected chi connectivity index (χ2v) is 2.76. The summed E-state index contributed by atoms with van der Waals surface area (Å²) in [6.07, 6.45) is 3.48. The van der Waals surface area contributed by atoms with Crippen molar-refractivity contribution in [1.82, 2.24) is 11.0 Å². The molecule has 0 heterocycles. The van der Waals surface area contributed by atoms with Crippen LogP contribution in [0.25, 0.3) is 0 Å². The number of carboxylic acids is 1. The van der Waals surface area contributed by atoms with Crippen molar-refractivity contribution in [2.45, 2.75) is 25.3 Å².